The van der Waals surface area contributed by atoms with Gasteiger partial charge in [0.15, 0.2) is 0 Å². The van der Waals surface area contributed by atoms with Crippen molar-refractivity contribution in [2.75, 3.05) is 26.5 Å². The first-order valence-corrected chi connectivity index (χ1v) is 10.3. The molecule has 0 amide bonds. The Morgan fingerprint density at radius 2 is 2.21 bits per heavy atom. The van der Waals surface area contributed by atoms with Crippen LogP contribution in [0.25, 0.3) is 11.0 Å². The van der Waals surface area contributed by atoms with Crippen LogP contribution < -0.4 is 10.4 Å². The van der Waals surface area contributed by atoms with Crippen molar-refractivity contribution in [1.29, 1.82) is 0 Å². The molecule has 2 aromatic rings. The molecule has 7 heteroatoms. The van der Waals surface area contributed by atoms with Crippen LogP contribution in [0, 0.1) is 6.92 Å². The molecule has 7 nitrogen and oxygen atoms in total. The molecule has 2 aliphatic rings. The Labute approximate surface area is 169 Å². The van der Waals surface area contributed by atoms with Crippen molar-refractivity contribution in [1.82, 2.24) is 4.90 Å². The SMILES string of the molecule is CCOC(=O)CCc1cc2c(C)cc(=O)oc2c2c1OCN(CC1CCCO1)C2. The first-order valence-electron chi connectivity index (χ1n) is 10.3. The van der Waals surface area contributed by atoms with Crippen molar-refractivity contribution < 1.29 is 23.4 Å². The summed E-state index contributed by atoms with van der Waals surface area (Å²) in [7, 11) is 0. The minimum atomic E-state index is -0.368. The van der Waals surface area contributed by atoms with E-state index in [2.05, 4.69) is 4.90 Å². The Morgan fingerprint density at radius 1 is 1.34 bits per heavy atom. The van der Waals surface area contributed by atoms with E-state index in [4.69, 9.17) is 18.6 Å². The van der Waals surface area contributed by atoms with Gasteiger partial charge in [0.2, 0.25) is 0 Å². The van der Waals surface area contributed by atoms with Crippen molar-refractivity contribution in [3.05, 3.63) is 39.2 Å². The van der Waals surface area contributed by atoms with Gasteiger partial charge in [-0.25, -0.2) is 4.79 Å². The third kappa shape index (κ3) is 4.31. The molecule has 0 N–H and O–H groups in total. The zero-order valence-electron chi connectivity index (χ0n) is 17.0. The minimum absolute atomic E-state index is 0.215. The average molecular weight is 401 g/mol. The normalized spacial score (nSPS) is 19.2. The summed E-state index contributed by atoms with van der Waals surface area (Å²) in [5.41, 5.74) is 2.86. The van der Waals surface area contributed by atoms with Crippen LogP contribution in [0.4, 0.5) is 0 Å². The number of esters is 1. The Morgan fingerprint density at radius 3 is 2.97 bits per heavy atom. The molecular weight excluding hydrogens is 374 g/mol. The number of fused-ring (bicyclic) bond motifs is 3. The van der Waals surface area contributed by atoms with Crippen LogP contribution in [0.5, 0.6) is 5.75 Å². The van der Waals surface area contributed by atoms with E-state index in [9.17, 15) is 9.59 Å². The lowest BCUT2D eigenvalue weighted by molar-refractivity contribution is -0.143. The van der Waals surface area contributed by atoms with Gasteiger partial charge in [-0.05, 0) is 50.3 Å². The maximum atomic E-state index is 12.0. The van der Waals surface area contributed by atoms with Crippen LogP contribution >= 0.6 is 0 Å². The van der Waals surface area contributed by atoms with Crippen molar-refractivity contribution in [2.45, 2.75) is 52.2 Å². The van der Waals surface area contributed by atoms with Gasteiger partial charge in [-0.3, -0.25) is 9.69 Å². The number of carbonyl (C=O) groups excluding carboxylic acids is 1. The van der Waals surface area contributed by atoms with Crippen molar-refractivity contribution in [3.8, 4) is 5.75 Å². The number of ether oxygens (including phenoxy) is 3. The molecule has 0 aliphatic carbocycles. The Bertz CT molecular complexity index is 960. The number of benzene rings is 1. The number of nitrogens with zero attached hydrogens (tertiary/aromatic N) is 1. The molecule has 0 bridgehead atoms. The number of carbonyl (C=O) groups is 1. The van der Waals surface area contributed by atoms with E-state index in [-0.39, 0.29) is 24.1 Å². The lowest BCUT2D eigenvalue weighted by Crippen LogP contribution is -2.38. The van der Waals surface area contributed by atoms with Crippen molar-refractivity contribution in [3.63, 3.8) is 0 Å². The third-order valence-corrected chi connectivity index (χ3v) is 5.53. The smallest absolute Gasteiger partial charge is 0.336 e. The van der Waals surface area contributed by atoms with Gasteiger partial charge < -0.3 is 18.6 Å². The first kappa shape index (κ1) is 19.9. The predicted molar refractivity (Wildman–Crippen MR) is 107 cm³/mol. The zero-order chi connectivity index (χ0) is 20.4. The Balaban J connectivity index is 1.68. The lowest BCUT2D eigenvalue weighted by Gasteiger charge is -2.32. The summed E-state index contributed by atoms with van der Waals surface area (Å²) in [5.74, 6) is 0.493. The highest BCUT2D eigenvalue weighted by molar-refractivity contribution is 5.86. The van der Waals surface area contributed by atoms with E-state index in [0.29, 0.717) is 31.9 Å². The van der Waals surface area contributed by atoms with Gasteiger partial charge in [0.1, 0.15) is 18.1 Å². The van der Waals surface area contributed by atoms with E-state index in [1.54, 1.807) is 6.92 Å². The van der Waals surface area contributed by atoms with Gasteiger partial charge in [0.05, 0.1) is 18.3 Å². The van der Waals surface area contributed by atoms with Crippen LogP contribution in [-0.4, -0.2) is 43.5 Å². The Hall–Kier alpha value is -2.38. The molecule has 1 aromatic heterocycles. The molecule has 1 fully saturated rings. The largest absolute Gasteiger partial charge is 0.477 e. The second-order valence-electron chi connectivity index (χ2n) is 7.69. The van der Waals surface area contributed by atoms with Crippen molar-refractivity contribution in [2.24, 2.45) is 0 Å². The maximum absolute atomic E-state index is 12.0. The topological polar surface area (TPSA) is 78.2 Å². The van der Waals surface area contributed by atoms with Crippen LogP contribution in [-0.2, 0) is 27.2 Å². The molecule has 2 aliphatic heterocycles. The van der Waals surface area contributed by atoms with Crippen LogP contribution in [0.1, 0.15) is 42.9 Å². The number of aryl methyl sites for hydroxylation is 2. The molecule has 1 aromatic carbocycles. The molecule has 1 unspecified atom stereocenters. The number of hydrogen-bond donors (Lipinski definition) is 0. The molecular formula is C22H27NO6. The molecule has 0 spiro atoms. The fraction of sp³-hybridized carbons (Fsp3) is 0.545. The quantitative estimate of drug-likeness (QED) is 0.544. The molecule has 29 heavy (non-hydrogen) atoms. The van der Waals surface area contributed by atoms with E-state index in [0.717, 1.165) is 53.8 Å². The van der Waals surface area contributed by atoms with E-state index in [1.807, 2.05) is 13.0 Å². The standard InChI is InChI=1S/C22H27NO6/c1-3-26-19(24)7-6-15-10-17-14(2)9-20(25)29-22(17)18-12-23(13-28-21(15)18)11-16-5-4-8-27-16/h9-10,16H,3-8,11-13H2,1-2H3. The lowest BCUT2D eigenvalue weighted by atomic mass is 9.97. The highest BCUT2D eigenvalue weighted by Crippen LogP contribution is 2.37. The molecule has 1 atom stereocenters. The predicted octanol–water partition coefficient (Wildman–Crippen LogP) is 2.93. The second kappa shape index (κ2) is 8.55. The fourth-order valence-corrected chi connectivity index (χ4v) is 4.16. The summed E-state index contributed by atoms with van der Waals surface area (Å²) in [6.45, 7) is 6.72. The zero-order valence-corrected chi connectivity index (χ0v) is 17.0. The van der Waals surface area contributed by atoms with Crippen molar-refractivity contribution >= 4 is 16.9 Å². The van der Waals surface area contributed by atoms with Gasteiger partial charge in [0, 0.05) is 37.6 Å². The molecule has 3 heterocycles. The minimum Gasteiger partial charge on any atom is -0.477 e. The van der Waals surface area contributed by atoms with Crippen LogP contribution in [0.2, 0.25) is 0 Å². The van der Waals surface area contributed by atoms with Gasteiger partial charge >= 0.3 is 11.6 Å². The van der Waals surface area contributed by atoms with Gasteiger partial charge in [-0.1, -0.05) is 0 Å². The highest BCUT2D eigenvalue weighted by Gasteiger charge is 2.28. The summed E-state index contributed by atoms with van der Waals surface area (Å²) >= 11 is 0. The number of hydrogen-bond acceptors (Lipinski definition) is 7. The molecule has 0 saturated carbocycles. The van der Waals surface area contributed by atoms with E-state index in [1.165, 1.54) is 6.07 Å². The third-order valence-electron chi connectivity index (χ3n) is 5.53. The van der Waals surface area contributed by atoms with E-state index >= 15 is 0 Å². The van der Waals surface area contributed by atoms with Crippen LogP contribution in [0.3, 0.4) is 0 Å². The maximum Gasteiger partial charge on any atom is 0.336 e. The molecule has 156 valence electrons. The summed E-state index contributed by atoms with van der Waals surface area (Å²) in [4.78, 5) is 26.1. The summed E-state index contributed by atoms with van der Waals surface area (Å²) < 4.78 is 22.5. The summed E-state index contributed by atoms with van der Waals surface area (Å²) in [6, 6.07) is 3.47. The van der Waals surface area contributed by atoms with E-state index < -0.39 is 0 Å². The first-order chi connectivity index (χ1) is 14.0. The molecule has 0 radical (unpaired) electrons. The molecule has 4 rings (SSSR count). The average Bonchev–Trinajstić information content (AvgIpc) is 3.20. The van der Waals surface area contributed by atoms with Gasteiger partial charge in [-0.2, -0.15) is 0 Å². The second-order valence-corrected chi connectivity index (χ2v) is 7.69. The highest BCUT2D eigenvalue weighted by atomic mass is 16.5. The van der Waals surface area contributed by atoms with Crippen LogP contribution in [0.15, 0.2) is 21.3 Å². The van der Waals surface area contributed by atoms with Gasteiger partial charge in [0.25, 0.3) is 0 Å². The Kier molecular flexibility index (Phi) is 5.87. The number of rotatable bonds is 6. The molecule has 1 saturated heterocycles. The summed E-state index contributed by atoms with van der Waals surface area (Å²) in [6.07, 6.45) is 3.15. The monoisotopic (exact) mass is 401 g/mol. The van der Waals surface area contributed by atoms with Gasteiger partial charge in [-0.15, -0.1) is 0 Å². The fourth-order valence-electron chi connectivity index (χ4n) is 4.16. The summed E-state index contributed by atoms with van der Waals surface area (Å²) in [5, 5.41) is 0.879.